The summed E-state index contributed by atoms with van der Waals surface area (Å²) in [7, 11) is 5.81. The van der Waals surface area contributed by atoms with Crippen molar-refractivity contribution in [2.75, 3.05) is 27.7 Å². The highest BCUT2D eigenvalue weighted by Crippen LogP contribution is 2.55. The lowest BCUT2D eigenvalue weighted by Crippen LogP contribution is -2.63. The first-order valence-electron chi connectivity index (χ1n) is 8.16. The molecule has 0 bridgehead atoms. The quantitative estimate of drug-likeness (QED) is 0.921. The van der Waals surface area contributed by atoms with Crippen LogP contribution in [0.15, 0.2) is 12.1 Å². The zero-order valence-electron chi connectivity index (χ0n) is 13.8. The monoisotopic (exact) mass is 323 g/mol. The van der Waals surface area contributed by atoms with E-state index in [4.69, 9.17) is 16.3 Å². The minimum atomic E-state index is -0.611. The zero-order chi connectivity index (χ0) is 16.0. The Morgan fingerprint density at radius 2 is 1.91 bits per heavy atom. The largest absolute Gasteiger partial charge is 0.495 e. The molecule has 1 unspecified atom stereocenters. The summed E-state index contributed by atoms with van der Waals surface area (Å²) < 4.78 is 5.33. The number of hydrogen-bond donors (Lipinski definition) is 1. The predicted octanol–water partition coefficient (Wildman–Crippen LogP) is 3.40. The maximum absolute atomic E-state index is 11.5. The average Bonchev–Trinajstić information content (AvgIpc) is 2.47. The van der Waals surface area contributed by atoms with E-state index in [1.807, 2.05) is 12.1 Å². The molecular formula is C18H26ClNO2. The van der Waals surface area contributed by atoms with Gasteiger partial charge in [0.05, 0.1) is 17.7 Å². The molecule has 3 rings (SSSR count). The number of hydrogen-bond acceptors (Lipinski definition) is 3. The number of benzene rings is 1. The van der Waals surface area contributed by atoms with Crippen LogP contribution in [0, 0.1) is 0 Å². The van der Waals surface area contributed by atoms with Crippen LogP contribution in [-0.2, 0) is 11.8 Å². The third-order valence-electron chi connectivity index (χ3n) is 5.54. The van der Waals surface area contributed by atoms with Crippen LogP contribution in [-0.4, -0.2) is 43.4 Å². The Bertz CT molecular complexity index is 566. The van der Waals surface area contributed by atoms with Crippen LogP contribution < -0.4 is 4.74 Å². The zero-order valence-corrected chi connectivity index (χ0v) is 14.5. The summed E-state index contributed by atoms with van der Waals surface area (Å²) in [5, 5.41) is 12.1. The number of ether oxygens (including phenoxy) is 1. The van der Waals surface area contributed by atoms with Crippen LogP contribution in [0.4, 0.5) is 0 Å². The molecule has 0 aliphatic heterocycles. The molecule has 1 N–H and O–H groups in total. The van der Waals surface area contributed by atoms with Crippen molar-refractivity contribution >= 4 is 11.6 Å². The van der Waals surface area contributed by atoms with E-state index in [1.165, 1.54) is 17.5 Å². The Hall–Kier alpha value is -0.770. The first kappa shape index (κ1) is 16.1. The number of halogens is 1. The molecule has 0 saturated heterocycles. The maximum atomic E-state index is 11.5. The molecule has 0 spiro atoms. The fourth-order valence-corrected chi connectivity index (χ4v) is 4.76. The highest BCUT2D eigenvalue weighted by atomic mass is 35.5. The minimum absolute atomic E-state index is 0.192. The molecule has 2 aliphatic rings. The van der Waals surface area contributed by atoms with Gasteiger partial charge in [0.2, 0.25) is 0 Å². The van der Waals surface area contributed by atoms with Crippen molar-refractivity contribution in [3.63, 3.8) is 0 Å². The van der Waals surface area contributed by atoms with E-state index in [9.17, 15) is 5.11 Å². The second kappa shape index (κ2) is 5.70. The summed E-state index contributed by atoms with van der Waals surface area (Å²) >= 11 is 6.36. The van der Waals surface area contributed by atoms with Gasteiger partial charge in [0.15, 0.2) is 0 Å². The molecule has 0 aromatic heterocycles. The Morgan fingerprint density at radius 1 is 1.23 bits per heavy atom. The fourth-order valence-electron chi connectivity index (χ4n) is 4.52. The molecule has 0 heterocycles. The molecule has 1 aromatic carbocycles. The molecule has 2 aliphatic carbocycles. The van der Waals surface area contributed by atoms with Gasteiger partial charge in [0, 0.05) is 12.0 Å². The Balaban J connectivity index is 2.04. The van der Waals surface area contributed by atoms with Gasteiger partial charge in [-0.2, -0.15) is 0 Å². The Labute approximate surface area is 138 Å². The number of aliphatic hydroxyl groups is 1. The number of methoxy groups -OCH3 is 1. The first-order valence-corrected chi connectivity index (χ1v) is 8.54. The topological polar surface area (TPSA) is 32.7 Å². The van der Waals surface area contributed by atoms with Gasteiger partial charge in [-0.1, -0.05) is 30.9 Å². The molecule has 122 valence electrons. The van der Waals surface area contributed by atoms with E-state index in [0.29, 0.717) is 5.02 Å². The lowest BCUT2D eigenvalue weighted by molar-refractivity contribution is -0.0869. The second-order valence-corrected chi connectivity index (χ2v) is 7.64. The summed E-state index contributed by atoms with van der Waals surface area (Å²) in [6, 6.07) is 4.06. The number of nitrogens with zero attached hydrogens (tertiary/aromatic N) is 1. The van der Waals surface area contributed by atoms with Crippen molar-refractivity contribution in [3.8, 4) is 5.75 Å². The van der Waals surface area contributed by atoms with Gasteiger partial charge in [0.1, 0.15) is 5.75 Å². The van der Waals surface area contributed by atoms with E-state index in [0.717, 1.165) is 44.4 Å². The molecule has 1 fully saturated rings. The van der Waals surface area contributed by atoms with Crippen molar-refractivity contribution in [3.05, 3.63) is 28.3 Å². The van der Waals surface area contributed by atoms with Gasteiger partial charge in [-0.05, 0) is 56.6 Å². The van der Waals surface area contributed by atoms with Crippen LogP contribution in [0.1, 0.15) is 43.2 Å². The van der Waals surface area contributed by atoms with Crippen molar-refractivity contribution < 1.29 is 9.84 Å². The van der Waals surface area contributed by atoms with Gasteiger partial charge in [-0.3, -0.25) is 0 Å². The summed E-state index contributed by atoms with van der Waals surface area (Å²) in [5.74, 6) is 0.731. The van der Waals surface area contributed by atoms with Gasteiger partial charge in [-0.25, -0.2) is 0 Å². The van der Waals surface area contributed by atoms with Gasteiger partial charge in [-0.15, -0.1) is 0 Å². The summed E-state index contributed by atoms with van der Waals surface area (Å²) in [4.78, 5) is 2.19. The number of likely N-dealkylation sites (N-methyl/N-ethyl adjacent to an activating group) is 1. The maximum Gasteiger partial charge on any atom is 0.137 e. The molecule has 3 nitrogen and oxygen atoms in total. The molecule has 22 heavy (non-hydrogen) atoms. The molecule has 1 aromatic rings. The third-order valence-corrected chi connectivity index (χ3v) is 5.84. The summed E-state index contributed by atoms with van der Waals surface area (Å²) in [6.45, 7) is 0.860. The summed E-state index contributed by atoms with van der Waals surface area (Å²) in [5.41, 5.74) is 1.68. The van der Waals surface area contributed by atoms with Crippen LogP contribution in [0.2, 0.25) is 5.02 Å². The minimum Gasteiger partial charge on any atom is -0.495 e. The Kier molecular flexibility index (Phi) is 4.17. The van der Waals surface area contributed by atoms with Crippen molar-refractivity contribution in [1.82, 2.24) is 4.90 Å². The van der Waals surface area contributed by atoms with Gasteiger partial charge in [0.25, 0.3) is 0 Å². The SMILES string of the molecule is COc1cc2c(cc1Cl)C(CN(C)C)(C1(O)CCCCC1)C2. The van der Waals surface area contributed by atoms with E-state index >= 15 is 0 Å². The van der Waals surface area contributed by atoms with E-state index in [2.05, 4.69) is 19.0 Å². The standard InChI is InChI=1S/C18H26ClNO2/c1-20(2)12-17(18(21)7-5-4-6-8-18)11-13-9-16(22-3)15(19)10-14(13)17/h9-10,21H,4-8,11-12H2,1-3H3. The third kappa shape index (κ3) is 2.34. The summed E-state index contributed by atoms with van der Waals surface area (Å²) in [6.07, 6.45) is 6.16. The molecule has 0 amide bonds. The molecular weight excluding hydrogens is 298 g/mol. The van der Waals surface area contributed by atoms with Gasteiger partial charge >= 0.3 is 0 Å². The highest BCUT2D eigenvalue weighted by molar-refractivity contribution is 6.32. The van der Waals surface area contributed by atoms with Crippen LogP contribution in [0.25, 0.3) is 0 Å². The predicted molar refractivity (Wildman–Crippen MR) is 90.0 cm³/mol. The normalized spacial score (nSPS) is 26.5. The lowest BCUT2D eigenvalue weighted by Gasteiger charge is -2.57. The van der Waals surface area contributed by atoms with E-state index in [-0.39, 0.29) is 5.41 Å². The first-order chi connectivity index (χ1) is 10.4. The van der Waals surface area contributed by atoms with Crippen molar-refractivity contribution in [2.24, 2.45) is 0 Å². The molecule has 1 atom stereocenters. The highest BCUT2D eigenvalue weighted by Gasteiger charge is 2.57. The van der Waals surface area contributed by atoms with E-state index in [1.54, 1.807) is 7.11 Å². The Morgan fingerprint density at radius 3 is 2.50 bits per heavy atom. The fraction of sp³-hybridized carbons (Fsp3) is 0.667. The molecule has 0 radical (unpaired) electrons. The van der Waals surface area contributed by atoms with E-state index < -0.39 is 5.60 Å². The molecule has 1 saturated carbocycles. The average molecular weight is 324 g/mol. The van der Waals surface area contributed by atoms with Gasteiger partial charge < -0.3 is 14.7 Å². The van der Waals surface area contributed by atoms with Crippen LogP contribution in [0.3, 0.4) is 0 Å². The smallest absolute Gasteiger partial charge is 0.137 e. The second-order valence-electron chi connectivity index (χ2n) is 7.23. The molecule has 4 heteroatoms. The van der Waals surface area contributed by atoms with Crippen LogP contribution in [0.5, 0.6) is 5.75 Å². The number of rotatable bonds is 4. The van der Waals surface area contributed by atoms with Crippen LogP contribution >= 0.6 is 11.6 Å². The van der Waals surface area contributed by atoms with Crippen molar-refractivity contribution in [2.45, 2.75) is 49.5 Å². The van der Waals surface area contributed by atoms with Crippen molar-refractivity contribution in [1.29, 1.82) is 0 Å². The number of fused-ring (bicyclic) bond motifs is 1. The lowest BCUT2D eigenvalue weighted by atomic mass is 9.52.